The van der Waals surface area contributed by atoms with Crippen LogP contribution in [-0.2, 0) is 6.54 Å². The average molecular weight is 363 g/mol. The number of aryl methyl sites for hydroxylation is 1. The van der Waals surface area contributed by atoms with Gasteiger partial charge in [0.1, 0.15) is 5.82 Å². The maximum absolute atomic E-state index is 4.32. The quantitative estimate of drug-likeness (QED) is 0.479. The lowest BCUT2D eigenvalue weighted by molar-refractivity contribution is 0.501. The Bertz CT molecular complexity index is 398. The monoisotopic (exact) mass is 363 g/mol. The van der Waals surface area contributed by atoms with E-state index in [9.17, 15) is 0 Å². The van der Waals surface area contributed by atoms with Crippen molar-refractivity contribution < 1.29 is 0 Å². The summed E-state index contributed by atoms with van der Waals surface area (Å²) in [5.41, 5.74) is 0.943. The fraction of sp³-hybridized carbons (Fsp3) is 0.583. The summed E-state index contributed by atoms with van der Waals surface area (Å²) in [5.74, 6) is 1.55. The number of nitrogens with zero attached hydrogens (tertiary/aromatic N) is 3. The van der Waals surface area contributed by atoms with Crippen molar-refractivity contribution in [2.24, 2.45) is 4.99 Å². The van der Waals surface area contributed by atoms with Gasteiger partial charge >= 0.3 is 0 Å². The van der Waals surface area contributed by atoms with Crippen LogP contribution in [-0.4, -0.2) is 28.5 Å². The fourth-order valence-corrected chi connectivity index (χ4v) is 1.31. The summed E-state index contributed by atoms with van der Waals surface area (Å²) < 4.78 is 0. The van der Waals surface area contributed by atoms with E-state index in [0.29, 0.717) is 6.54 Å². The molecule has 0 aliphatic heterocycles. The summed E-state index contributed by atoms with van der Waals surface area (Å²) in [4.78, 5) is 12.5. The Morgan fingerprint density at radius 2 is 2.06 bits per heavy atom. The largest absolute Gasteiger partial charge is 0.352 e. The van der Waals surface area contributed by atoms with E-state index in [1.54, 1.807) is 13.2 Å². The minimum atomic E-state index is -0.0105. The van der Waals surface area contributed by atoms with E-state index in [2.05, 4.69) is 46.4 Å². The van der Waals surface area contributed by atoms with Crippen LogP contribution in [0.4, 0.5) is 0 Å². The van der Waals surface area contributed by atoms with E-state index in [4.69, 9.17) is 0 Å². The van der Waals surface area contributed by atoms with Crippen molar-refractivity contribution in [2.45, 2.75) is 39.8 Å². The smallest absolute Gasteiger partial charge is 0.191 e. The first kappa shape index (κ1) is 17.1. The molecule has 0 spiro atoms. The first-order valence-electron chi connectivity index (χ1n) is 5.68. The summed E-state index contributed by atoms with van der Waals surface area (Å²) >= 11 is 0. The second-order valence-corrected chi connectivity index (χ2v) is 4.90. The van der Waals surface area contributed by atoms with E-state index in [0.717, 1.165) is 17.5 Å². The molecule has 1 aromatic rings. The molecule has 0 amide bonds. The maximum Gasteiger partial charge on any atom is 0.191 e. The van der Waals surface area contributed by atoms with Gasteiger partial charge in [-0.1, -0.05) is 0 Å². The van der Waals surface area contributed by atoms with Gasteiger partial charge in [-0.25, -0.2) is 9.97 Å². The van der Waals surface area contributed by atoms with Gasteiger partial charge in [-0.15, -0.1) is 24.0 Å². The molecule has 0 radical (unpaired) electrons. The second kappa shape index (κ2) is 7.50. The predicted molar refractivity (Wildman–Crippen MR) is 85.3 cm³/mol. The van der Waals surface area contributed by atoms with E-state index >= 15 is 0 Å². The van der Waals surface area contributed by atoms with E-state index in [-0.39, 0.29) is 29.5 Å². The van der Waals surface area contributed by atoms with Crippen LogP contribution in [0.15, 0.2) is 17.3 Å². The molecule has 5 nitrogen and oxygen atoms in total. The molecule has 0 aromatic carbocycles. The van der Waals surface area contributed by atoms with Crippen molar-refractivity contribution in [2.75, 3.05) is 7.05 Å². The zero-order valence-corrected chi connectivity index (χ0v) is 13.9. The van der Waals surface area contributed by atoms with Crippen LogP contribution < -0.4 is 10.6 Å². The zero-order valence-electron chi connectivity index (χ0n) is 11.6. The molecule has 0 atom stereocenters. The third kappa shape index (κ3) is 6.73. The lowest BCUT2D eigenvalue weighted by Gasteiger charge is -2.23. The number of hydrogen-bond acceptors (Lipinski definition) is 3. The molecule has 0 unspecified atom stereocenters. The molecule has 2 N–H and O–H groups in total. The molecule has 1 aromatic heterocycles. The van der Waals surface area contributed by atoms with Gasteiger partial charge in [0.15, 0.2) is 5.96 Å². The van der Waals surface area contributed by atoms with Crippen molar-refractivity contribution in [1.82, 2.24) is 20.6 Å². The highest BCUT2D eigenvalue weighted by Gasteiger charge is 2.11. The third-order valence-electron chi connectivity index (χ3n) is 1.99. The van der Waals surface area contributed by atoms with Crippen LogP contribution in [0.25, 0.3) is 0 Å². The SMILES string of the molecule is CN=C(NCc1ccnc(C)n1)NC(C)(C)C.I. The van der Waals surface area contributed by atoms with Gasteiger partial charge in [0.2, 0.25) is 0 Å². The van der Waals surface area contributed by atoms with Crippen molar-refractivity contribution in [1.29, 1.82) is 0 Å². The standard InChI is InChI=1S/C12H21N5.HI/c1-9-14-7-6-10(16-9)8-15-11(13-5)17-12(2,3)4;/h6-7H,8H2,1-5H3,(H2,13,15,17);1H. The Kier molecular flexibility index (Phi) is 7.12. The fourth-order valence-electron chi connectivity index (χ4n) is 1.31. The molecule has 1 rings (SSSR count). The van der Waals surface area contributed by atoms with Gasteiger partial charge in [-0.05, 0) is 33.8 Å². The average Bonchev–Trinajstić information content (AvgIpc) is 2.23. The van der Waals surface area contributed by atoms with Crippen molar-refractivity contribution in [3.05, 3.63) is 23.8 Å². The van der Waals surface area contributed by atoms with Crippen molar-refractivity contribution in [3.8, 4) is 0 Å². The number of aromatic nitrogens is 2. The van der Waals surface area contributed by atoms with Crippen molar-refractivity contribution >= 4 is 29.9 Å². The summed E-state index contributed by atoms with van der Waals surface area (Å²) in [6.45, 7) is 8.79. The van der Waals surface area contributed by atoms with Gasteiger partial charge in [-0.2, -0.15) is 0 Å². The molecule has 1 heterocycles. The van der Waals surface area contributed by atoms with Crippen molar-refractivity contribution in [3.63, 3.8) is 0 Å². The molecule has 0 aliphatic carbocycles. The number of guanidine groups is 1. The van der Waals surface area contributed by atoms with Crippen LogP contribution >= 0.6 is 24.0 Å². The zero-order chi connectivity index (χ0) is 12.9. The Hall–Kier alpha value is -0.920. The predicted octanol–water partition coefficient (Wildman–Crippen LogP) is 1.87. The Morgan fingerprint density at radius 1 is 1.39 bits per heavy atom. The first-order valence-corrected chi connectivity index (χ1v) is 5.68. The minimum Gasteiger partial charge on any atom is -0.352 e. The highest BCUT2D eigenvalue weighted by atomic mass is 127. The molecule has 0 aliphatic rings. The summed E-state index contributed by atoms with van der Waals surface area (Å²) in [6, 6.07) is 1.89. The first-order chi connectivity index (χ1) is 7.90. The topological polar surface area (TPSA) is 62.2 Å². The van der Waals surface area contributed by atoms with Gasteiger partial charge in [0, 0.05) is 18.8 Å². The van der Waals surface area contributed by atoms with Crippen LogP contribution in [0.3, 0.4) is 0 Å². The molecular formula is C12H22IN5. The van der Waals surface area contributed by atoms with Crippen LogP contribution in [0.2, 0.25) is 0 Å². The Balaban J connectivity index is 0.00000289. The highest BCUT2D eigenvalue weighted by molar-refractivity contribution is 14.0. The molecule has 0 saturated heterocycles. The van der Waals surface area contributed by atoms with Crippen LogP contribution in [0.5, 0.6) is 0 Å². The number of rotatable bonds is 2. The molecule has 0 saturated carbocycles. The van der Waals surface area contributed by atoms with Gasteiger partial charge in [-0.3, -0.25) is 4.99 Å². The summed E-state index contributed by atoms with van der Waals surface area (Å²) in [6.07, 6.45) is 1.76. The highest BCUT2D eigenvalue weighted by Crippen LogP contribution is 1.98. The van der Waals surface area contributed by atoms with Crippen LogP contribution in [0, 0.1) is 6.92 Å². The lowest BCUT2D eigenvalue weighted by Crippen LogP contribution is -2.47. The number of aliphatic imine (C=N–C) groups is 1. The van der Waals surface area contributed by atoms with E-state index in [1.165, 1.54) is 0 Å². The summed E-state index contributed by atoms with van der Waals surface area (Å²) in [7, 11) is 1.76. The van der Waals surface area contributed by atoms with Gasteiger partial charge in [0.25, 0.3) is 0 Å². The number of halogens is 1. The molecular weight excluding hydrogens is 341 g/mol. The van der Waals surface area contributed by atoms with Crippen LogP contribution in [0.1, 0.15) is 32.3 Å². The number of nitrogens with one attached hydrogen (secondary N) is 2. The van der Waals surface area contributed by atoms with E-state index in [1.807, 2.05) is 13.0 Å². The molecule has 0 fully saturated rings. The molecule has 102 valence electrons. The molecule has 0 bridgehead atoms. The van der Waals surface area contributed by atoms with E-state index < -0.39 is 0 Å². The minimum absolute atomic E-state index is 0. The normalized spacial score (nSPS) is 11.7. The summed E-state index contributed by atoms with van der Waals surface area (Å²) in [5, 5.41) is 6.50. The van der Waals surface area contributed by atoms with Gasteiger partial charge < -0.3 is 10.6 Å². The maximum atomic E-state index is 4.32. The number of hydrogen-bond donors (Lipinski definition) is 2. The second-order valence-electron chi connectivity index (χ2n) is 4.90. The van der Waals surface area contributed by atoms with Gasteiger partial charge in [0.05, 0.1) is 12.2 Å². The Morgan fingerprint density at radius 3 is 2.56 bits per heavy atom. The third-order valence-corrected chi connectivity index (χ3v) is 1.99. The molecule has 6 heteroatoms. The molecule has 18 heavy (non-hydrogen) atoms. The lowest BCUT2D eigenvalue weighted by atomic mass is 10.1. The Labute approximate surface area is 126 Å².